The largest absolute Gasteiger partial charge is 0.331 e. The van der Waals surface area contributed by atoms with E-state index < -0.39 is 10.0 Å². The summed E-state index contributed by atoms with van der Waals surface area (Å²) in [5, 5.41) is 0. The van der Waals surface area contributed by atoms with Crippen LogP contribution in [-0.4, -0.2) is 43.9 Å². The van der Waals surface area contributed by atoms with E-state index in [4.69, 9.17) is 4.84 Å². The highest BCUT2D eigenvalue weighted by atomic mass is 32.2. The van der Waals surface area contributed by atoms with Crippen LogP contribution in [0.15, 0.2) is 53.4 Å². The third-order valence-corrected chi connectivity index (χ3v) is 6.20. The van der Waals surface area contributed by atoms with Gasteiger partial charge in [0, 0.05) is 25.2 Å². The molecular formula is C19H21FN2O4S. The predicted octanol–water partition coefficient (Wildman–Crippen LogP) is 2.81. The number of sulfonamides is 1. The molecule has 1 aliphatic carbocycles. The molecule has 3 rings (SSSR count). The molecule has 0 unspecified atom stereocenters. The van der Waals surface area contributed by atoms with Gasteiger partial charge >= 0.3 is 0 Å². The van der Waals surface area contributed by atoms with E-state index in [0.29, 0.717) is 12.1 Å². The van der Waals surface area contributed by atoms with E-state index in [1.165, 1.54) is 50.6 Å². The highest BCUT2D eigenvalue weighted by Gasteiger charge is 2.33. The van der Waals surface area contributed by atoms with Gasteiger partial charge in [0.1, 0.15) is 5.82 Å². The van der Waals surface area contributed by atoms with Gasteiger partial charge in [-0.25, -0.2) is 12.8 Å². The Morgan fingerprint density at radius 3 is 2.22 bits per heavy atom. The van der Waals surface area contributed by atoms with Crippen LogP contribution in [0.4, 0.5) is 4.39 Å². The third-order valence-electron chi connectivity index (χ3n) is 4.51. The maximum Gasteiger partial charge on any atom is 0.264 e. The summed E-state index contributed by atoms with van der Waals surface area (Å²) in [6, 6.07) is 12.0. The zero-order valence-electron chi connectivity index (χ0n) is 15.1. The Morgan fingerprint density at radius 1 is 1.11 bits per heavy atom. The first-order chi connectivity index (χ1) is 12.8. The first-order valence-corrected chi connectivity index (χ1v) is 9.95. The molecule has 0 aromatic heterocycles. The number of rotatable bonds is 7. The number of nitrogens with zero attached hydrogens (tertiary/aromatic N) is 2. The molecule has 2 aromatic carbocycles. The minimum Gasteiger partial charge on any atom is -0.331 e. The molecule has 0 aliphatic heterocycles. The van der Waals surface area contributed by atoms with E-state index in [-0.39, 0.29) is 22.7 Å². The summed E-state index contributed by atoms with van der Waals surface area (Å²) in [5.74, 6) is -0.494. The van der Waals surface area contributed by atoms with Gasteiger partial charge in [-0.05, 0) is 54.8 Å². The zero-order chi connectivity index (χ0) is 19.6. The van der Waals surface area contributed by atoms with Crippen molar-refractivity contribution in [3.05, 3.63) is 65.5 Å². The standard InChI is InChI=1S/C19H21FN2O4S/c1-21(26-2)27(24,25)18-11-5-15(6-12-18)19(23)22(17-9-10-17)13-14-3-7-16(20)8-4-14/h3-8,11-12,17H,9-10,13H2,1-2H3. The minimum atomic E-state index is -3.76. The van der Waals surface area contributed by atoms with Gasteiger partial charge in [0.15, 0.2) is 0 Å². The number of halogens is 1. The van der Waals surface area contributed by atoms with Crippen LogP contribution in [0.2, 0.25) is 0 Å². The molecular weight excluding hydrogens is 371 g/mol. The summed E-state index contributed by atoms with van der Waals surface area (Å²) in [6.07, 6.45) is 1.86. The first kappa shape index (κ1) is 19.5. The Labute approximate surface area is 158 Å². The minimum absolute atomic E-state index is 0.0416. The lowest BCUT2D eigenvalue weighted by molar-refractivity contribution is -0.0258. The molecule has 1 aliphatic rings. The second-order valence-electron chi connectivity index (χ2n) is 6.41. The molecule has 0 radical (unpaired) electrons. The fourth-order valence-corrected chi connectivity index (χ4v) is 3.69. The molecule has 144 valence electrons. The summed E-state index contributed by atoms with van der Waals surface area (Å²) >= 11 is 0. The molecule has 1 amide bonds. The molecule has 2 aromatic rings. The van der Waals surface area contributed by atoms with Gasteiger partial charge in [0.25, 0.3) is 15.9 Å². The van der Waals surface area contributed by atoms with E-state index in [2.05, 4.69) is 0 Å². The molecule has 0 saturated heterocycles. The number of carbonyl (C=O) groups excluding carboxylic acids is 1. The Balaban J connectivity index is 1.79. The number of hydrogen-bond donors (Lipinski definition) is 0. The van der Waals surface area contributed by atoms with Gasteiger partial charge in [0.05, 0.1) is 12.0 Å². The number of hydrogen-bond acceptors (Lipinski definition) is 4. The normalized spacial score (nSPS) is 14.4. The maximum atomic E-state index is 13.1. The summed E-state index contributed by atoms with van der Waals surface area (Å²) < 4.78 is 38.3. The molecule has 0 heterocycles. The van der Waals surface area contributed by atoms with Crippen molar-refractivity contribution in [2.75, 3.05) is 14.2 Å². The average molecular weight is 392 g/mol. The molecule has 1 fully saturated rings. The van der Waals surface area contributed by atoms with E-state index in [9.17, 15) is 17.6 Å². The topological polar surface area (TPSA) is 66.9 Å². The molecule has 0 N–H and O–H groups in total. The van der Waals surface area contributed by atoms with Crippen LogP contribution in [-0.2, 0) is 21.4 Å². The van der Waals surface area contributed by atoms with E-state index in [0.717, 1.165) is 22.9 Å². The smallest absolute Gasteiger partial charge is 0.264 e. The summed E-state index contributed by atoms with van der Waals surface area (Å²) in [4.78, 5) is 19.4. The van der Waals surface area contributed by atoms with E-state index in [1.54, 1.807) is 17.0 Å². The summed E-state index contributed by atoms with van der Waals surface area (Å²) in [5.41, 5.74) is 1.25. The Bertz CT molecular complexity index is 910. The van der Waals surface area contributed by atoms with Gasteiger partial charge in [-0.3, -0.25) is 9.63 Å². The Kier molecular flexibility index (Phi) is 5.59. The lowest BCUT2D eigenvalue weighted by Crippen LogP contribution is -2.32. The molecule has 0 spiro atoms. The fraction of sp³-hybridized carbons (Fsp3) is 0.316. The number of amides is 1. The molecule has 0 atom stereocenters. The second-order valence-corrected chi connectivity index (χ2v) is 8.35. The first-order valence-electron chi connectivity index (χ1n) is 8.51. The Morgan fingerprint density at radius 2 is 1.70 bits per heavy atom. The second kappa shape index (κ2) is 7.75. The zero-order valence-corrected chi connectivity index (χ0v) is 15.9. The van der Waals surface area contributed by atoms with Crippen LogP contribution in [0.5, 0.6) is 0 Å². The van der Waals surface area contributed by atoms with Crippen LogP contribution in [0.3, 0.4) is 0 Å². The molecule has 1 saturated carbocycles. The van der Waals surface area contributed by atoms with Crippen molar-refractivity contribution in [2.45, 2.75) is 30.3 Å². The number of benzene rings is 2. The maximum absolute atomic E-state index is 13.1. The summed E-state index contributed by atoms with van der Waals surface area (Å²) in [6.45, 7) is 0.385. The van der Waals surface area contributed by atoms with E-state index >= 15 is 0 Å². The van der Waals surface area contributed by atoms with Gasteiger partial charge in [0.2, 0.25) is 0 Å². The van der Waals surface area contributed by atoms with Crippen molar-refractivity contribution >= 4 is 15.9 Å². The number of carbonyl (C=O) groups is 1. The SMILES string of the molecule is CON(C)S(=O)(=O)c1ccc(C(=O)N(Cc2ccc(F)cc2)C2CC2)cc1. The van der Waals surface area contributed by atoms with Crippen molar-refractivity contribution in [3.8, 4) is 0 Å². The molecule has 0 bridgehead atoms. The van der Waals surface area contributed by atoms with Gasteiger partial charge in [-0.2, -0.15) is 0 Å². The van der Waals surface area contributed by atoms with Crippen molar-refractivity contribution in [3.63, 3.8) is 0 Å². The van der Waals surface area contributed by atoms with Gasteiger partial charge < -0.3 is 4.90 Å². The quantitative estimate of drug-likeness (QED) is 0.680. The van der Waals surface area contributed by atoms with Crippen molar-refractivity contribution < 1.29 is 22.4 Å². The molecule has 8 heteroatoms. The summed E-state index contributed by atoms with van der Waals surface area (Å²) in [7, 11) is -1.20. The average Bonchev–Trinajstić information content (AvgIpc) is 3.51. The Hall–Kier alpha value is -2.29. The third kappa shape index (κ3) is 4.35. The lowest BCUT2D eigenvalue weighted by Gasteiger charge is -2.23. The highest BCUT2D eigenvalue weighted by Crippen LogP contribution is 2.30. The van der Waals surface area contributed by atoms with Crippen molar-refractivity contribution in [1.29, 1.82) is 0 Å². The van der Waals surface area contributed by atoms with Crippen molar-refractivity contribution in [2.24, 2.45) is 0 Å². The van der Waals surface area contributed by atoms with Crippen LogP contribution in [0.1, 0.15) is 28.8 Å². The lowest BCUT2D eigenvalue weighted by atomic mass is 10.1. The van der Waals surface area contributed by atoms with Crippen LogP contribution in [0, 0.1) is 5.82 Å². The highest BCUT2D eigenvalue weighted by molar-refractivity contribution is 7.89. The molecule has 6 nitrogen and oxygen atoms in total. The predicted molar refractivity (Wildman–Crippen MR) is 97.7 cm³/mol. The number of hydroxylamine groups is 1. The van der Waals surface area contributed by atoms with Crippen LogP contribution >= 0.6 is 0 Å². The van der Waals surface area contributed by atoms with Crippen molar-refractivity contribution in [1.82, 2.24) is 9.37 Å². The monoisotopic (exact) mass is 392 g/mol. The van der Waals surface area contributed by atoms with Gasteiger partial charge in [-0.1, -0.05) is 16.6 Å². The van der Waals surface area contributed by atoms with Gasteiger partial charge in [-0.15, -0.1) is 0 Å². The molecule has 27 heavy (non-hydrogen) atoms. The fourth-order valence-electron chi connectivity index (χ4n) is 2.72. The van der Waals surface area contributed by atoms with E-state index in [1.807, 2.05) is 0 Å². The van der Waals surface area contributed by atoms with Crippen LogP contribution < -0.4 is 0 Å². The van der Waals surface area contributed by atoms with Crippen LogP contribution in [0.25, 0.3) is 0 Å².